The summed E-state index contributed by atoms with van der Waals surface area (Å²) in [6.07, 6.45) is 1.75. The molecule has 1 N–H and O–H groups in total. The summed E-state index contributed by atoms with van der Waals surface area (Å²) in [7, 11) is 0. The number of hydrogen-bond acceptors (Lipinski definition) is 1. The first-order valence-corrected chi connectivity index (χ1v) is 2.73. The Bertz CT molecular complexity index is 194. The molecule has 3 heteroatoms. The molecule has 51 valence electrons. The molecule has 0 atom stereocenters. The Hall–Kier alpha value is -0.0761. The fraction of sp³-hybridized carbons (Fsp3) is 0.143. The number of nitrogens with one attached hydrogen (secondary N) is 1. The summed E-state index contributed by atoms with van der Waals surface area (Å²) in [6.45, 7) is 9.31. The maximum absolute atomic E-state index is 3.93. The van der Waals surface area contributed by atoms with Gasteiger partial charge in [0.1, 0.15) is 0 Å². The van der Waals surface area contributed by atoms with Crippen molar-refractivity contribution in [2.75, 3.05) is 0 Å². The van der Waals surface area contributed by atoms with Crippen LogP contribution in [-0.2, 0) is 32.7 Å². The number of rotatable bonds is 0. The van der Waals surface area contributed by atoms with E-state index in [0.717, 1.165) is 11.3 Å². The molecular weight excluding hydrogens is 201 g/mol. The first-order chi connectivity index (χ1) is 4.20. The number of hydrogen-bond donors (Lipinski definition) is 1. The summed E-state index contributed by atoms with van der Waals surface area (Å²) >= 11 is 0. The Balaban J connectivity index is 0.000000810. The molecule has 1 aliphatic rings. The van der Waals surface area contributed by atoms with E-state index >= 15 is 0 Å². The Morgan fingerprint density at radius 3 is 2.50 bits per heavy atom. The average molecular weight is 210 g/mol. The normalized spacial score (nSPS) is 16.3. The maximum atomic E-state index is 3.93. The Kier molecular flexibility index (Phi) is 3.91. The van der Waals surface area contributed by atoms with E-state index in [1.807, 2.05) is 6.92 Å². The predicted molar refractivity (Wildman–Crippen MR) is 38.5 cm³/mol. The van der Waals surface area contributed by atoms with Gasteiger partial charge in [-0.05, 0) is 12.6 Å². The minimum Gasteiger partial charge on any atom is -0.458 e. The van der Waals surface area contributed by atoms with Crippen molar-refractivity contribution in [3.05, 3.63) is 41.8 Å². The van der Waals surface area contributed by atoms with Crippen LogP contribution in [0.3, 0.4) is 0 Å². The molecule has 0 spiro atoms. The van der Waals surface area contributed by atoms with Crippen LogP contribution in [0.5, 0.6) is 0 Å². The number of allylic oxidation sites excluding steroid dienone is 1. The van der Waals surface area contributed by atoms with Crippen molar-refractivity contribution >= 4 is 0 Å². The van der Waals surface area contributed by atoms with Gasteiger partial charge in [-0.15, -0.1) is 6.58 Å². The molecule has 0 aromatic carbocycles. The predicted octanol–water partition coefficient (Wildman–Crippen LogP) is 1.85. The summed E-state index contributed by atoms with van der Waals surface area (Å²) in [4.78, 5) is 0. The van der Waals surface area contributed by atoms with Gasteiger partial charge >= 0.3 is 0 Å². The molecule has 0 aromatic rings. The first-order valence-electron chi connectivity index (χ1n) is 2.73. The van der Waals surface area contributed by atoms with Crippen molar-refractivity contribution in [2.24, 2.45) is 0 Å². The monoisotopic (exact) mass is 210 g/mol. The fourth-order valence-electron chi connectivity index (χ4n) is 0.558. The van der Waals surface area contributed by atoms with Crippen molar-refractivity contribution in [1.82, 2.24) is 5.32 Å². The summed E-state index contributed by atoms with van der Waals surface area (Å²) in [5.41, 5.74) is 1.94. The van der Waals surface area contributed by atoms with Crippen LogP contribution in [0.15, 0.2) is 36.4 Å². The van der Waals surface area contributed by atoms with E-state index in [1.54, 1.807) is 6.20 Å². The summed E-state index contributed by atoms with van der Waals surface area (Å²) in [5, 5.41) is 6.84. The van der Waals surface area contributed by atoms with Gasteiger partial charge < -0.3 is 10.6 Å². The Labute approximate surface area is 86.3 Å². The molecule has 0 saturated heterocycles. The first kappa shape index (κ1) is 9.92. The number of nitrogens with zero attached hydrogens (tertiary/aromatic N) is 1. The topological polar surface area (TPSA) is 26.1 Å². The zero-order chi connectivity index (χ0) is 6.85. The van der Waals surface area contributed by atoms with Gasteiger partial charge in [-0.25, -0.2) is 0 Å². The quantitative estimate of drug-likeness (QED) is 0.648. The second kappa shape index (κ2) is 3.94. The second-order valence-corrected chi connectivity index (χ2v) is 1.99. The minimum atomic E-state index is 0. The summed E-state index contributed by atoms with van der Waals surface area (Å²) < 4.78 is 0. The van der Waals surface area contributed by atoms with Crippen LogP contribution in [0, 0.1) is 0 Å². The van der Waals surface area contributed by atoms with Crippen LogP contribution < -0.4 is 5.32 Å². The van der Waals surface area contributed by atoms with Crippen molar-refractivity contribution < 1.29 is 32.7 Å². The molecule has 1 heterocycles. The van der Waals surface area contributed by atoms with E-state index in [2.05, 4.69) is 23.8 Å². The molecular formula is C7H9N2Y-. The van der Waals surface area contributed by atoms with E-state index in [4.69, 9.17) is 0 Å². The Morgan fingerprint density at radius 2 is 2.10 bits per heavy atom. The third-order valence-electron chi connectivity index (χ3n) is 1.19. The van der Waals surface area contributed by atoms with Gasteiger partial charge in [-0.3, -0.25) is 0 Å². The van der Waals surface area contributed by atoms with Gasteiger partial charge in [-0.2, -0.15) is 0 Å². The standard InChI is InChI=1S/C7H9N2.Y/c1-5-4-8-7(3)9-6(5)2;/h4,9H,2-3H2,1H3;/q-1;. The van der Waals surface area contributed by atoms with Crippen LogP contribution in [0.4, 0.5) is 0 Å². The van der Waals surface area contributed by atoms with E-state index in [1.165, 1.54) is 0 Å². The molecule has 0 saturated carbocycles. The summed E-state index contributed by atoms with van der Waals surface area (Å²) in [5.74, 6) is 0.658. The average Bonchev–Trinajstić information content (AvgIpc) is 1.80. The third kappa shape index (κ3) is 2.27. The molecule has 1 radical (unpaired) electrons. The zero-order valence-corrected chi connectivity index (χ0v) is 8.85. The smallest absolute Gasteiger partial charge is 0 e. The minimum absolute atomic E-state index is 0. The van der Waals surface area contributed by atoms with Crippen molar-refractivity contribution in [1.29, 1.82) is 0 Å². The van der Waals surface area contributed by atoms with Gasteiger partial charge in [0.15, 0.2) is 0 Å². The largest absolute Gasteiger partial charge is 0.458 e. The molecule has 0 bridgehead atoms. The van der Waals surface area contributed by atoms with Crippen LogP contribution in [0.1, 0.15) is 6.92 Å². The molecule has 1 aliphatic heterocycles. The SMILES string of the molecule is C=C1[N-]C=C(C)C(=C)N1.[Y]. The van der Waals surface area contributed by atoms with Crippen molar-refractivity contribution in [2.45, 2.75) is 6.92 Å². The van der Waals surface area contributed by atoms with Crippen LogP contribution >= 0.6 is 0 Å². The molecule has 0 unspecified atom stereocenters. The molecule has 0 aliphatic carbocycles. The van der Waals surface area contributed by atoms with Gasteiger partial charge in [0.2, 0.25) is 0 Å². The molecule has 0 fully saturated rings. The summed E-state index contributed by atoms with van der Waals surface area (Å²) in [6, 6.07) is 0. The van der Waals surface area contributed by atoms with Crippen LogP contribution in [0.2, 0.25) is 0 Å². The van der Waals surface area contributed by atoms with E-state index in [0.29, 0.717) is 5.82 Å². The van der Waals surface area contributed by atoms with Crippen LogP contribution in [0.25, 0.3) is 5.32 Å². The molecule has 10 heavy (non-hydrogen) atoms. The van der Waals surface area contributed by atoms with E-state index < -0.39 is 0 Å². The molecule has 1 rings (SSSR count). The van der Waals surface area contributed by atoms with Crippen molar-refractivity contribution in [3.63, 3.8) is 0 Å². The van der Waals surface area contributed by atoms with Gasteiger partial charge in [0.05, 0.1) is 0 Å². The third-order valence-corrected chi connectivity index (χ3v) is 1.19. The second-order valence-electron chi connectivity index (χ2n) is 1.99. The maximum Gasteiger partial charge on any atom is 0 e. The van der Waals surface area contributed by atoms with Crippen molar-refractivity contribution in [3.8, 4) is 0 Å². The zero-order valence-electron chi connectivity index (χ0n) is 6.02. The van der Waals surface area contributed by atoms with Crippen LogP contribution in [-0.4, -0.2) is 0 Å². The van der Waals surface area contributed by atoms with E-state index in [-0.39, 0.29) is 32.7 Å². The Morgan fingerprint density at radius 1 is 1.50 bits per heavy atom. The molecule has 2 nitrogen and oxygen atoms in total. The van der Waals surface area contributed by atoms with Gasteiger partial charge in [0.25, 0.3) is 0 Å². The molecule has 0 aromatic heterocycles. The fourth-order valence-corrected chi connectivity index (χ4v) is 0.558. The molecule has 0 amide bonds. The van der Waals surface area contributed by atoms with Gasteiger partial charge in [0, 0.05) is 32.7 Å². The van der Waals surface area contributed by atoms with E-state index in [9.17, 15) is 0 Å². The van der Waals surface area contributed by atoms with Gasteiger partial charge in [-0.1, -0.05) is 24.2 Å².